The number of amides is 1. The molecule has 0 aliphatic rings. The Morgan fingerprint density at radius 2 is 2.00 bits per heavy atom. The van der Waals surface area contributed by atoms with E-state index < -0.39 is 5.91 Å². The van der Waals surface area contributed by atoms with E-state index in [-0.39, 0.29) is 18.1 Å². The molecule has 0 spiro atoms. The maximum atomic E-state index is 11.4. The van der Waals surface area contributed by atoms with Crippen LogP contribution in [0.4, 0.5) is 0 Å². The van der Waals surface area contributed by atoms with Crippen molar-refractivity contribution in [1.82, 2.24) is 10.1 Å². The van der Waals surface area contributed by atoms with Gasteiger partial charge >= 0.3 is 0 Å². The molecule has 0 radical (unpaired) electrons. The summed E-state index contributed by atoms with van der Waals surface area (Å²) < 4.78 is 15.8. The van der Waals surface area contributed by atoms with Gasteiger partial charge in [0.05, 0.1) is 12.7 Å². The van der Waals surface area contributed by atoms with Crippen molar-refractivity contribution < 1.29 is 18.8 Å². The fraction of sp³-hybridized carbons (Fsp3) is 0.118. The molecule has 8 heteroatoms. The minimum atomic E-state index is -0.637. The van der Waals surface area contributed by atoms with Gasteiger partial charge < -0.3 is 19.7 Å². The van der Waals surface area contributed by atoms with Crippen LogP contribution in [0, 0.1) is 0 Å². The Morgan fingerprint density at radius 3 is 2.68 bits per heavy atom. The second-order valence-corrected chi connectivity index (χ2v) is 5.47. The predicted molar refractivity (Wildman–Crippen MR) is 90.6 cm³/mol. The summed E-state index contributed by atoms with van der Waals surface area (Å²) in [6.07, 6.45) is 0. The Balaban J connectivity index is 1.73. The number of rotatable bonds is 6. The number of carbonyl (C=O) groups excluding carboxylic acids is 1. The third kappa shape index (κ3) is 3.89. The van der Waals surface area contributed by atoms with E-state index in [4.69, 9.17) is 31.3 Å². The topological polar surface area (TPSA) is 100 Å². The number of halogens is 1. The molecular weight excluding hydrogens is 346 g/mol. The molecule has 3 rings (SSSR count). The molecule has 0 unspecified atom stereocenters. The van der Waals surface area contributed by atoms with Crippen LogP contribution in [0.25, 0.3) is 11.4 Å². The number of aromatic nitrogens is 2. The Kier molecular flexibility index (Phi) is 4.85. The van der Waals surface area contributed by atoms with Gasteiger partial charge in [-0.3, -0.25) is 4.79 Å². The largest absolute Gasteiger partial charge is 0.497 e. The highest BCUT2D eigenvalue weighted by Gasteiger charge is 2.13. The van der Waals surface area contributed by atoms with Crippen LogP contribution in [0.2, 0.25) is 5.02 Å². The molecule has 0 saturated carbocycles. The molecule has 3 aromatic rings. The number of primary amides is 1. The highest BCUT2D eigenvalue weighted by Crippen LogP contribution is 2.24. The van der Waals surface area contributed by atoms with Gasteiger partial charge in [0.15, 0.2) is 6.61 Å². The van der Waals surface area contributed by atoms with Crippen LogP contribution in [0.5, 0.6) is 11.5 Å². The molecule has 25 heavy (non-hydrogen) atoms. The summed E-state index contributed by atoms with van der Waals surface area (Å²) in [6.45, 7) is -0.00886. The predicted octanol–water partition coefficient (Wildman–Crippen LogP) is 3.08. The Labute approximate surface area is 148 Å². The maximum absolute atomic E-state index is 11.4. The quantitative estimate of drug-likeness (QED) is 0.725. The molecule has 0 atom stereocenters. The van der Waals surface area contributed by atoms with Gasteiger partial charge in [-0.1, -0.05) is 16.8 Å². The van der Waals surface area contributed by atoms with Gasteiger partial charge in [0.2, 0.25) is 5.82 Å². The average molecular weight is 360 g/mol. The number of hydrogen-bond donors (Lipinski definition) is 1. The van der Waals surface area contributed by atoms with Gasteiger partial charge in [-0.05, 0) is 42.5 Å². The molecule has 7 nitrogen and oxygen atoms in total. The second kappa shape index (κ2) is 7.23. The first-order valence-corrected chi connectivity index (χ1v) is 7.64. The number of methoxy groups -OCH3 is 1. The van der Waals surface area contributed by atoms with E-state index in [2.05, 4.69) is 10.1 Å². The van der Waals surface area contributed by atoms with Crippen molar-refractivity contribution >= 4 is 17.5 Å². The minimum absolute atomic E-state index is 0.00886. The third-order valence-corrected chi connectivity index (χ3v) is 3.61. The number of ether oxygens (including phenoxy) is 2. The van der Waals surface area contributed by atoms with E-state index in [0.29, 0.717) is 16.6 Å². The lowest BCUT2D eigenvalue weighted by Gasteiger charge is -2.07. The van der Waals surface area contributed by atoms with E-state index in [1.807, 2.05) is 12.1 Å². The zero-order chi connectivity index (χ0) is 17.8. The molecule has 0 fully saturated rings. The Bertz CT molecular complexity index is 893. The molecule has 0 bridgehead atoms. The van der Waals surface area contributed by atoms with Gasteiger partial charge in [0.1, 0.15) is 11.5 Å². The van der Waals surface area contributed by atoms with Gasteiger partial charge in [0.25, 0.3) is 11.8 Å². The number of benzene rings is 2. The van der Waals surface area contributed by atoms with Crippen molar-refractivity contribution in [3.63, 3.8) is 0 Å². The monoisotopic (exact) mass is 359 g/mol. The summed E-state index contributed by atoms with van der Waals surface area (Å²) in [5.74, 6) is 1.07. The van der Waals surface area contributed by atoms with Crippen molar-refractivity contribution in [2.75, 3.05) is 7.11 Å². The first kappa shape index (κ1) is 16.8. The van der Waals surface area contributed by atoms with Crippen molar-refractivity contribution in [3.05, 3.63) is 58.9 Å². The normalized spacial score (nSPS) is 10.5. The molecule has 2 N–H and O–H groups in total. The first-order chi connectivity index (χ1) is 12.1. The van der Waals surface area contributed by atoms with E-state index >= 15 is 0 Å². The molecule has 0 saturated heterocycles. The van der Waals surface area contributed by atoms with Crippen LogP contribution < -0.4 is 15.2 Å². The lowest BCUT2D eigenvalue weighted by Crippen LogP contribution is -2.13. The van der Waals surface area contributed by atoms with Gasteiger partial charge in [-0.15, -0.1) is 0 Å². The lowest BCUT2D eigenvalue weighted by atomic mass is 10.2. The molecule has 1 amide bonds. The van der Waals surface area contributed by atoms with Crippen LogP contribution >= 0.6 is 11.6 Å². The summed E-state index contributed by atoms with van der Waals surface area (Å²) in [6, 6.07) is 11.8. The van der Waals surface area contributed by atoms with Crippen molar-refractivity contribution in [2.45, 2.75) is 6.61 Å². The molecule has 2 aromatic carbocycles. The fourth-order valence-corrected chi connectivity index (χ4v) is 2.30. The smallest absolute Gasteiger partial charge is 0.264 e. The number of nitrogens with two attached hydrogens (primary N) is 1. The van der Waals surface area contributed by atoms with Crippen molar-refractivity contribution in [3.8, 4) is 22.9 Å². The van der Waals surface area contributed by atoms with E-state index in [1.54, 1.807) is 31.4 Å². The summed E-state index contributed by atoms with van der Waals surface area (Å²) in [7, 11) is 1.59. The van der Waals surface area contributed by atoms with Gasteiger partial charge in [-0.25, -0.2) is 0 Å². The van der Waals surface area contributed by atoms with Crippen LogP contribution in [-0.4, -0.2) is 23.2 Å². The SMILES string of the molecule is COc1ccc(-c2noc(COc3ccc(Cl)cc3C(N)=O)n2)cc1. The number of carbonyl (C=O) groups is 1. The number of hydrogen-bond acceptors (Lipinski definition) is 6. The maximum Gasteiger partial charge on any atom is 0.264 e. The Hall–Kier alpha value is -3.06. The molecule has 128 valence electrons. The molecule has 0 aliphatic carbocycles. The molecule has 0 aliphatic heterocycles. The van der Waals surface area contributed by atoms with Crippen LogP contribution in [0.1, 0.15) is 16.2 Å². The van der Waals surface area contributed by atoms with E-state index in [0.717, 1.165) is 11.3 Å². The Morgan fingerprint density at radius 1 is 1.24 bits per heavy atom. The minimum Gasteiger partial charge on any atom is -0.497 e. The highest BCUT2D eigenvalue weighted by atomic mass is 35.5. The van der Waals surface area contributed by atoms with Crippen LogP contribution in [0.3, 0.4) is 0 Å². The van der Waals surface area contributed by atoms with Crippen LogP contribution in [0.15, 0.2) is 47.0 Å². The summed E-state index contributed by atoms with van der Waals surface area (Å²) in [4.78, 5) is 15.7. The zero-order valence-corrected chi connectivity index (χ0v) is 14.0. The van der Waals surface area contributed by atoms with E-state index in [9.17, 15) is 4.79 Å². The fourth-order valence-electron chi connectivity index (χ4n) is 2.13. The molecular formula is C17H14ClN3O4. The molecule has 1 aromatic heterocycles. The number of nitrogens with zero attached hydrogens (tertiary/aromatic N) is 2. The third-order valence-electron chi connectivity index (χ3n) is 3.37. The summed E-state index contributed by atoms with van der Waals surface area (Å²) >= 11 is 5.86. The second-order valence-electron chi connectivity index (χ2n) is 5.03. The van der Waals surface area contributed by atoms with Gasteiger partial charge in [0, 0.05) is 10.6 Å². The van der Waals surface area contributed by atoms with E-state index in [1.165, 1.54) is 6.07 Å². The van der Waals surface area contributed by atoms with Gasteiger partial charge in [-0.2, -0.15) is 4.98 Å². The summed E-state index contributed by atoms with van der Waals surface area (Å²) in [5.41, 5.74) is 6.28. The van der Waals surface area contributed by atoms with Crippen molar-refractivity contribution in [2.24, 2.45) is 5.73 Å². The average Bonchev–Trinajstić information content (AvgIpc) is 3.09. The lowest BCUT2D eigenvalue weighted by molar-refractivity contribution is 0.0995. The first-order valence-electron chi connectivity index (χ1n) is 7.26. The van der Waals surface area contributed by atoms with Crippen molar-refractivity contribution in [1.29, 1.82) is 0 Å². The van der Waals surface area contributed by atoms with Crippen LogP contribution in [-0.2, 0) is 6.61 Å². The highest BCUT2D eigenvalue weighted by molar-refractivity contribution is 6.31. The zero-order valence-electron chi connectivity index (χ0n) is 13.2. The summed E-state index contributed by atoms with van der Waals surface area (Å²) in [5, 5.41) is 4.30. The molecule has 1 heterocycles. The standard InChI is InChI=1S/C17H14ClN3O4/c1-23-12-5-2-10(3-6-12)17-20-15(25-21-17)9-24-14-7-4-11(18)8-13(14)16(19)22/h2-8H,9H2,1H3,(H2,19,22).